The van der Waals surface area contributed by atoms with Crippen LogP contribution >= 0.6 is 0 Å². The maximum absolute atomic E-state index is 13.4. The number of hydrogen-bond donors (Lipinski definition) is 1. The minimum Gasteiger partial charge on any atom is -0.309 e. The van der Waals surface area contributed by atoms with Gasteiger partial charge in [-0.3, -0.25) is 0 Å². The molecule has 2 aromatic carbocycles. The van der Waals surface area contributed by atoms with Crippen molar-refractivity contribution in [2.45, 2.75) is 20.0 Å². The highest BCUT2D eigenvalue weighted by atomic mass is 19.1. The molecule has 0 aromatic heterocycles. The summed E-state index contributed by atoms with van der Waals surface area (Å²) in [6, 6.07) is 8.04. The summed E-state index contributed by atoms with van der Waals surface area (Å²) < 4.78 is 39.0. The van der Waals surface area contributed by atoms with Gasteiger partial charge in [0.15, 0.2) is 0 Å². The molecule has 1 N–H and O–H groups in total. The number of halogens is 3. The van der Waals surface area contributed by atoms with Crippen LogP contribution in [0.15, 0.2) is 36.4 Å². The van der Waals surface area contributed by atoms with Crippen molar-refractivity contribution in [1.82, 2.24) is 5.32 Å². The summed E-state index contributed by atoms with van der Waals surface area (Å²) in [5.74, 6) is -1.43. The van der Waals surface area contributed by atoms with E-state index in [1.807, 2.05) is 6.92 Å². The van der Waals surface area contributed by atoms with E-state index in [9.17, 15) is 13.2 Å². The number of benzene rings is 2. The Labute approximate surface area is 110 Å². The van der Waals surface area contributed by atoms with E-state index < -0.39 is 11.6 Å². The minimum atomic E-state index is -0.587. The average Bonchev–Trinajstić information content (AvgIpc) is 2.34. The zero-order chi connectivity index (χ0) is 13.8. The molecule has 0 saturated heterocycles. The van der Waals surface area contributed by atoms with Gasteiger partial charge in [-0.15, -0.1) is 0 Å². The van der Waals surface area contributed by atoms with Gasteiger partial charge in [-0.25, -0.2) is 13.2 Å². The second kappa shape index (κ2) is 5.89. The highest BCUT2D eigenvalue weighted by molar-refractivity contribution is 5.26. The Hall–Kier alpha value is -1.81. The van der Waals surface area contributed by atoms with Crippen molar-refractivity contribution in [2.75, 3.05) is 0 Å². The molecule has 0 radical (unpaired) electrons. The maximum atomic E-state index is 13.4. The van der Waals surface area contributed by atoms with Gasteiger partial charge in [0.2, 0.25) is 0 Å². The molecule has 0 unspecified atom stereocenters. The topological polar surface area (TPSA) is 12.0 Å². The summed E-state index contributed by atoms with van der Waals surface area (Å²) in [7, 11) is 0. The fraction of sp³-hybridized carbons (Fsp3) is 0.200. The van der Waals surface area contributed by atoms with Gasteiger partial charge in [0.1, 0.15) is 17.5 Å². The standard InChI is InChI=1S/C15H14F3N/c1-10-6-13(16)4-2-11(10)8-19-9-12-3-5-14(17)7-15(12)18/h2-7,19H,8-9H2,1H3. The van der Waals surface area contributed by atoms with Gasteiger partial charge >= 0.3 is 0 Å². The van der Waals surface area contributed by atoms with Crippen molar-refractivity contribution in [1.29, 1.82) is 0 Å². The van der Waals surface area contributed by atoms with Gasteiger partial charge < -0.3 is 5.32 Å². The molecule has 0 aliphatic carbocycles. The first-order chi connectivity index (χ1) is 9.06. The van der Waals surface area contributed by atoms with E-state index in [0.717, 1.165) is 17.2 Å². The molecular weight excluding hydrogens is 251 g/mol. The van der Waals surface area contributed by atoms with E-state index >= 15 is 0 Å². The predicted octanol–water partition coefficient (Wildman–Crippen LogP) is 3.70. The van der Waals surface area contributed by atoms with Crippen LogP contribution < -0.4 is 5.32 Å². The molecular formula is C15H14F3N. The number of hydrogen-bond acceptors (Lipinski definition) is 1. The van der Waals surface area contributed by atoms with Crippen LogP contribution in [-0.2, 0) is 13.1 Å². The molecule has 2 aromatic rings. The van der Waals surface area contributed by atoms with Gasteiger partial charge in [-0.2, -0.15) is 0 Å². The summed E-state index contributed by atoms with van der Waals surface area (Å²) in [6.45, 7) is 2.62. The minimum absolute atomic E-state index is 0.272. The molecule has 2 rings (SSSR count). The average molecular weight is 265 g/mol. The van der Waals surface area contributed by atoms with Gasteiger partial charge in [-0.05, 0) is 36.2 Å². The third-order valence-electron chi connectivity index (χ3n) is 2.95. The highest BCUT2D eigenvalue weighted by Gasteiger charge is 2.04. The molecule has 0 heterocycles. The van der Waals surface area contributed by atoms with Crippen molar-refractivity contribution in [3.05, 3.63) is 70.5 Å². The fourth-order valence-corrected chi connectivity index (χ4v) is 1.85. The van der Waals surface area contributed by atoms with Crippen LogP contribution in [0.1, 0.15) is 16.7 Å². The molecule has 1 nitrogen and oxygen atoms in total. The number of nitrogens with one attached hydrogen (secondary N) is 1. The molecule has 100 valence electrons. The maximum Gasteiger partial charge on any atom is 0.130 e. The number of aryl methyl sites for hydroxylation is 1. The smallest absolute Gasteiger partial charge is 0.130 e. The monoisotopic (exact) mass is 265 g/mol. The van der Waals surface area contributed by atoms with Crippen LogP contribution in [0.2, 0.25) is 0 Å². The van der Waals surface area contributed by atoms with E-state index in [2.05, 4.69) is 5.32 Å². The lowest BCUT2D eigenvalue weighted by atomic mass is 10.1. The Bertz CT molecular complexity index is 530. The van der Waals surface area contributed by atoms with Crippen molar-refractivity contribution < 1.29 is 13.2 Å². The van der Waals surface area contributed by atoms with E-state index in [4.69, 9.17) is 0 Å². The Morgan fingerprint density at radius 1 is 0.842 bits per heavy atom. The summed E-state index contributed by atoms with van der Waals surface area (Å²) >= 11 is 0. The quantitative estimate of drug-likeness (QED) is 0.888. The van der Waals surface area contributed by atoms with Gasteiger partial charge in [-0.1, -0.05) is 12.1 Å². The van der Waals surface area contributed by atoms with Gasteiger partial charge in [0.25, 0.3) is 0 Å². The summed E-state index contributed by atoms with van der Waals surface area (Å²) in [5.41, 5.74) is 2.19. The molecule has 0 fully saturated rings. The normalized spacial score (nSPS) is 10.7. The fourth-order valence-electron chi connectivity index (χ4n) is 1.85. The third kappa shape index (κ3) is 3.58. The zero-order valence-corrected chi connectivity index (χ0v) is 10.5. The largest absolute Gasteiger partial charge is 0.309 e. The number of rotatable bonds is 4. The second-order valence-electron chi connectivity index (χ2n) is 4.41. The Balaban J connectivity index is 1.96. The van der Waals surface area contributed by atoms with Crippen molar-refractivity contribution in [3.8, 4) is 0 Å². The van der Waals surface area contributed by atoms with Crippen LogP contribution in [0.25, 0.3) is 0 Å². The Morgan fingerprint density at radius 2 is 1.42 bits per heavy atom. The van der Waals surface area contributed by atoms with Crippen molar-refractivity contribution >= 4 is 0 Å². The lowest BCUT2D eigenvalue weighted by Crippen LogP contribution is -2.14. The molecule has 0 bridgehead atoms. The first kappa shape index (κ1) is 13.6. The van der Waals surface area contributed by atoms with Crippen LogP contribution in [0, 0.1) is 24.4 Å². The van der Waals surface area contributed by atoms with Crippen LogP contribution in [0.3, 0.4) is 0 Å². The van der Waals surface area contributed by atoms with Crippen molar-refractivity contribution in [2.24, 2.45) is 0 Å². The van der Waals surface area contributed by atoms with E-state index in [1.165, 1.54) is 24.3 Å². The first-order valence-corrected chi connectivity index (χ1v) is 5.96. The van der Waals surface area contributed by atoms with E-state index in [1.54, 1.807) is 6.07 Å². The van der Waals surface area contributed by atoms with E-state index in [0.29, 0.717) is 18.7 Å². The first-order valence-electron chi connectivity index (χ1n) is 5.96. The van der Waals surface area contributed by atoms with E-state index in [-0.39, 0.29) is 5.82 Å². The molecule has 0 amide bonds. The zero-order valence-electron chi connectivity index (χ0n) is 10.5. The van der Waals surface area contributed by atoms with Gasteiger partial charge in [0.05, 0.1) is 0 Å². The molecule has 0 saturated carbocycles. The molecule has 0 atom stereocenters. The summed E-state index contributed by atoms with van der Waals surface area (Å²) in [6.07, 6.45) is 0. The SMILES string of the molecule is Cc1cc(F)ccc1CNCc1ccc(F)cc1F. The Morgan fingerprint density at radius 3 is 2.05 bits per heavy atom. The third-order valence-corrected chi connectivity index (χ3v) is 2.95. The second-order valence-corrected chi connectivity index (χ2v) is 4.41. The molecule has 0 spiro atoms. The summed E-state index contributed by atoms with van der Waals surface area (Å²) in [4.78, 5) is 0. The molecule has 4 heteroatoms. The van der Waals surface area contributed by atoms with Crippen LogP contribution in [0.4, 0.5) is 13.2 Å². The summed E-state index contributed by atoms with van der Waals surface area (Å²) in [5, 5.41) is 3.05. The molecule has 19 heavy (non-hydrogen) atoms. The lowest BCUT2D eigenvalue weighted by Gasteiger charge is -2.08. The van der Waals surface area contributed by atoms with Crippen molar-refractivity contribution in [3.63, 3.8) is 0 Å². The lowest BCUT2D eigenvalue weighted by molar-refractivity contribution is 0.560. The van der Waals surface area contributed by atoms with Crippen LogP contribution in [-0.4, -0.2) is 0 Å². The highest BCUT2D eigenvalue weighted by Crippen LogP contribution is 2.12. The Kier molecular flexibility index (Phi) is 4.22. The van der Waals surface area contributed by atoms with Gasteiger partial charge in [0, 0.05) is 24.7 Å². The van der Waals surface area contributed by atoms with Crippen LogP contribution in [0.5, 0.6) is 0 Å². The molecule has 0 aliphatic rings. The predicted molar refractivity (Wildman–Crippen MR) is 68.0 cm³/mol. The molecule has 0 aliphatic heterocycles.